The molecule has 1 N–H and O–H groups in total. The lowest BCUT2D eigenvalue weighted by Crippen LogP contribution is -2.52. The Morgan fingerprint density at radius 2 is 1.64 bits per heavy atom. The monoisotopic (exact) mass is 441 g/mol. The highest BCUT2D eigenvalue weighted by Crippen LogP contribution is 2.87. The Morgan fingerprint density at radius 1 is 0.970 bits per heavy atom. The fourth-order valence-corrected chi connectivity index (χ4v) is 6.26. The number of esters is 1. The number of aryl methyl sites for hydroxylation is 1. The summed E-state index contributed by atoms with van der Waals surface area (Å²) in [6.07, 6.45) is 0. The number of benzene rings is 3. The first-order valence-electron chi connectivity index (χ1n) is 10.9. The highest BCUT2D eigenvalue weighted by molar-refractivity contribution is 6.21. The number of ether oxygens (including phenoxy) is 2. The number of nitrogens with zero attached hydrogens (tertiary/aromatic N) is 1. The predicted octanol–water partition coefficient (Wildman–Crippen LogP) is 3.90. The molecule has 166 valence electrons. The van der Waals surface area contributed by atoms with Gasteiger partial charge in [-0.05, 0) is 25.1 Å². The van der Waals surface area contributed by atoms with Crippen LogP contribution in [-0.2, 0) is 15.3 Å². The molecule has 6 nitrogen and oxygen atoms in total. The Kier molecular flexibility index (Phi) is 3.78. The summed E-state index contributed by atoms with van der Waals surface area (Å²) in [7, 11) is 1.51. The van der Waals surface area contributed by atoms with Gasteiger partial charge in [0.25, 0.3) is 0 Å². The predicted molar refractivity (Wildman–Crippen MR) is 121 cm³/mol. The van der Waals surface area contributed by atoms with Gasteiger partial charge < -0.3 is 14.6 Å². The van der Waals surface area contributed by atoms with Crippen molar-refractivity contribution >= 4 is 17.6 Å². The van der Waals surface area contributed by atoms with Crippen molar-refractivity contribution in [2.45, 2.75) is 25.5 Å². The molecule has 4 unspecified atom stereocenters. The number of fused-ring (bicyclic) bond motifs is 3. The van der Waals surface area contributed by atoms with Gasteiger partial charge in [-0.1, -0.05) is 67.1 Å². The quantitative estimate of drug-likeness (QED) is 0.379. The molecule has 1 aliphatic carbocycles. The molecule has 4 atom stereocenters. The molecule has 1 spiro atoms. The molecule has 1 amide bonds. The fraction of sp³-hybridized carbons (Fsp3) is 0.259. The van der Waals surface area contributed by atoms with E-state index in [9.17, 15) is 14.7 Å². The first-order chi connectivity index (χ1) is 15.8. The number of amides is 1. The van der Waals surface area contributed by atoms with Crippen molar-refractivity contribution in [1.29, 1.82) is 0 Å². The van der Waals surface area contributed by atoms with E-state index in [0.717, 1.165) is 11.1 Å². The Balaban J connectivity index is 1.66. The van der Waals surface area contributed by atoms with Crippen molar-refractivity contribution < 1.29 is 24.2 Å². The molecule has 1 saturated carbocycles. The van der Waals surface area contributed by atoms with E-state index in [1.54, 1.807) is 36.4 Å². The summed E-state index contributed by atoms with van der Waals surface area (Å²) in [5, 5.41) is 12.6. The van der Waals surface area contributed by atoms with Crippen LogP contribution in [0.25, 0.3) is 0 Å². The SMILES string of the molecule is COc1ccccc1N1C(=O)C23C(=O)Oc4ccccc4C2C3(C)C1(O)c1ccc(C)cc1. The minimum atomic E-state index is -1.81. The molecule has 3 aromatic carbocycles. The van der Waals surface area contributed by atoms with Gasteiger partial charge in [0.05, 0.1) is 18.2 Å². The molecule has 6 heteroatoms. The maximum absolute atomic E-state index is 14.3. The average Bonchev–Trinajstić information content (AvgIpc) is 3.39. The zero-order chi connectivity index (χ0) is 23.2. The molecule has 2 aliphatic heterocycles. The van der Waals surface area contributed by atoms with Crippen molar-refractivity contribution in [3.05, 3.63) is 89.5 Å². The van der Waals surface area contributed by atoms with Crippen LogP contribution in [0.2, 0.25) is 0 Å². The lowest BCUT2D eigenvalue weighted by Gasteiger charge is -2.42. The molecule has 2 heterocycles. The molecule has 2 fully saturated rings. The molecular formula is C27H23NO5. The van der Waals surface area contributed by atoms with Crippen molar-refractivity contribution in [2.24, 2.45) is 10.8 Å². The summed E-state index contributed by atoms with van der Waals surface area (Å²) < 4.78 is 11.2. The normalized spacial score (nSPS) is 31.4. The second kappa shape index (κ2) is 6.23. The number of methoxy groups -OCH3 is 1. The summed E-state index contributed by atoms with van der Waals surface area (Å²) >= 11 is 0. The van der Waals surface area contributed by atoms with Crippen LogP contribution in [0.4, 0.5) is 5.69 Å². The van der Waals surface area contributed by atoms with Crippen molar-refractivity contribution in [3.63, 3.8) is 0 Å². The number of anilines is 1. The van der Waals surface area contributed by atoms with E-state index in [0.29, 0.717) is 22.7 Å². The zero-order valence-electron chi connectivity index (χ0n) is 18.5. The Labute approximate surface area is 191 Å². The molecule has 0 bridgehead atoms. The molecule has 3 aliphatic rings. The Hall–Kier alpha value is -3.64. The van der Waals surface area contributed by atoms with Gasteiger partial charge in [-0.25, -0.2) is 0 Å². The zero-order valence-corrected chi connectivity index (χ0v) is 18.5. The summed E-state index contributed by atoms with van der Waals surface area (Å²) in [6.45, 7) is 3.77. The van der Waals surface area contributed by atoms with Crippen LogP contribution >= 0.6 is 0 Å². The van der Waals surface area contributed by atoms with E-state index in [-0.39, 0.29) is 0 Å². The third-order valence-corrected chi connectivity index (χ3v) is 7.87. The maximum Gasteiger partial charge on any atom is 0.328 e. The number of aliphatic hydroxyl groups is 1. The van der Waals surface area contributed by atoms with Gasteiger partial charge in [-0.2, -0.15) is 0 Å². The van der Waals surface area contributed by atoms with Crippen molar-refractivity contribution in [2.75, 3.05) is 12.0 Å². The van der Waals surface area contributed by atoms with Gasteiger partial charge >= 0.3 is 5.97 Å². The van der Waals surface area contributed by atoms with Crippen LogP contribution in [0.1, 0.15) is 29.5 Å². The van der Waals surface area contributed by atoms with Gasteiger partial charge in [0.2, 0.25) is 5.91 Å². The standard InChI is InChI=1S/C27H23NO5/c1-16-12-14-17(15-13-16)27(31)25(2)22-18-8-4-6-10-20(18)33-24(30)26(22,25)23(29)28(27)19-9-5-7-11-21(19)32-3/h4-15,22,31H,1-3H3. The molecule has 0 radical (unpaired) electrons. The van der Waals surface area contributed by atoms with Gasteiger partial charge in [-0.3, -0.25) is 14.5 Å². The molecule has 6 rings (SSSR count). The van der Waals surface area contributed by atoms with Gasteiger partial charge in [-0.15, -0.1) is 0 Å². The highest BCUT2D eigenvalue weighted by Gasteiger charge is 2.97. The number of para-hydroxylation sites is 3. The summed E-state index contributed by atoms with van der Waals surface area (Å²) in [6, 6.07) is 21.7. The third kappa shape index (κ3) is 2.04. The fourth-order valence-electron chi connectivity index (χ4n) is 6.26. The third-order valence-electron chi connectivity index (χ3n) is 7.87. The van der Waals surface area contributed by atoms with Crippen LogP contribution in [0.3, 0.4) is 0 Å². The van der Waals surface area contributed by atoms with Crippen molar-refractivity contribution in [1.82, 2.24) is 0 Å². The van der Waals surface area contributed by atoms with E-state index in [1.165, 1.54) is 12.0 Å². The van der Waals surface area contributed by atoms with E-state index < -0.39 is 34.3 Å². The summed E-state index contributed by atoms with van der Waals surface area (Å²) in [4.78, 5) is 29.1. The van der Waals surface area contributed by atoms with Crippen LogP contribution in [0, 0.1) is 17.8 Å². The number of carbonyl (C=O) groups is 2. The summed E-state index contributed by atoms with van der Waals surface area (Å²) in [5.41, 5.74) is -1.77. The first-order valence-corrected chi connectivity index (χ1v) is 10.9. The second-order valence-electron chi connectivity index (χ2n) is 9.22. The number of piperidine rings is 1. The smallest absolute Gasteiger partial charge is 0.328 e. The van der Waals surface area contributed by atoms with Crippen LogP contribution in [0.5, 0.6) is 11.5 Å². The molecule has 1 saturated heterocycles. The van der Waals surface area contributed by atoms with Gasteiger partial charge in [0.15, 0.2) is 11.1 Å². The number of rotatable bonds is 3. The minimum Gasteiger partial charge on any atom is -0.495 e. The molecular weight excluding hydrogens is 418 g/mol. The Morgan fingerprint density at radius 3 is 2.36 bits per heavy atom. The van der Waals surface area contributed by atoms with E-state index >= 15 is 0 Å². The molecule has 3 aromatic rings. The van der Waals surface area contributed by atoms with E-state index in [1.807, 2.05) is 50.2 Å². The van der Waals surface area contributed by atoms with Gasteiger partial charge in [0, 0.05) is 17.0 Å². The number of carbonyl (C=O) groups excluding carboxylic acids is 2. The van der Waals surface area contributed by atoms with Crippen LogP contribution in [0.15, 0.2) is 72.8 Å². The highest BCUT2D eigenvalue weighted by atomic mass is 16.5. The molecule has 33 heavy (non-hydrogen) atoms. The van der Waals surface area contributed by atoms with Crippen LogP contribution < -0.4 is 14.4 Å². The number of hydrogen-bond donors (Lipinski definition) is 1. The average molecular weight is 441 g/mol. The minimum absolute atomic E-state index is 0.404. The summed E-state index contributed by atoms with van der Waals surface area (Å²) in [5.74, 6) is -0.744. The van der Waals surface area contributed by atoms with Gasteiger partial charge in [0.1, 0.15) is 11.5 Å². The first kappa shape index (κ1) is 20.0. The number of hydrogen-bond acceptors (Lipinski definition) is 5. The maximum atomic E-state index is 14.3. The second-order valence-corrected chi connectivity index (χ2v) is 9.22. The van der Waals surface area contributed by atoms with E-state index in [2.05, 4.69) is 0 Å². The van der Waals surface area contributed by atoms with Crippen LogP contribution in [-0.4, -0.2) is 24.1 Å². The lowest BCUT2D eigenvalue weighted by atomic mass is 9.82. The largest absolute Gasteiger partial charge is 0.495 e. The molecule has 0 aromatic heterocycles. The van der Waals surface area contributed by atoms with Crippen molar-refractivity contribution in [3.8, 4) is 11.5 Å². The Bertz CT molecular complexity index is 1330. The topological polar surface area (TPSA) is 76.1 Å². The van der Waals surface area contributed by atoms with E-state index in [4.69, 9.17) is 9.47 Å². The lowest BCUT2D eigenvalue weighted by molar-refractivity contribution is -0.147.